The van der Waals surface area contributed by atoms with Crippen molar-refractivity contribution in [2.75, 3.05) is 11.4 Å². The largest absolute Gasteiger partial charge is 0.376 e. The summed E-state index contributed by atoms with van der Waals surface area (Å²) < 4.78 is 0.908. The third-order valence-electron chi connectivity index (χ3n) is 4.33. The average Bonchev–Trinajstić information content (AvgIpc) is 2.89. The number of nitrogens with zero attached hydrogens (tertiary/aromatic N) is 1. The molecule has 2 aromatic rings. The van der Waals surface area contributed by atoms with Crippen LogP contribution in [0, 0.1) is 0 Å². The van der Waals surface area contributed by atoms with Gasteiger partial charge < -0.3 is 20.4 Å². The highest BCUT2D eigenvalue weighted by Gasteiger charge is 2.51. The minimum Gasteiger partial charge on any atom is -0.376 e. The van der Waals surface area contributed by atoms with Crippen molar-refractivity contribution in [3.8, 4) is 0 Å². The zero-order valence-corrected chi connectivity index (χ0v) is 15.7. The molecule has 0 spiro atoms. The molecule has 7 heteroatoms. The van der Waals surface area contributed by atoms with Crippen molar-refractivity contribution in [3.63, 3.8) is 0 Å². The van der Waals surface area contributed by atoms with Gasteiger partial charge in [-0.15, -0.1) is 0 Å². The molecule has 2 aromatic carbocycles. The standard InChI is InChI=1S/C18H18BrClN2O3/c19-13-4-1-3-12(9-13)11-21-16(23)18(25)7-8-22(17(18)24)15-6-2-5-14(20)10-15/h1-6,9-10,17,24-25H,7-8,11H2,(H,21,23). The van der Waals surface area contributed by atoms with Crippen LogP contribution in [0.5, 0.6) is 0 Å². The van der Waals surface area contributed by atoms with E-state index in [0.29, 0.717) is 17.3 Å². The molecule has 1 heterocycles. The number of halogens is 2. The Kier molecular flexibility index (Phi) is 5.34. The van der Waals surface area contributed by atoms with Crippen LogP contribution in [0.25, 0.3) is 0 Å². The molecule has 0 bridgehead atoms. The van der Waals surface area contributed by atoms with Crippen molar-refractivity contribution in [2.45, 2.75) is 24.8 Å². The highest BCUT2D eigenvalue weighted by molar-refractivity contribution is 9.10. The lowest BCUT2D eigenvalue weighted by molar-refractivity contribution is -0.148. The van der Waals surface area contributed by atoms with Gasteiger partial charge in [-0.25, -0.2) is 0 Å². The molecule has 0 radical (unpaired) electrons. The van der Waals surface area contributed by atoms with Crippen LogP contribution in [-0.2, 0) is 11.3 Å². The molecular formula is C18H18BrClN2O3. The lowest BCUT2D eigenvalue weighted by Gasteiger charge is -2.30. The summed E-state index contributed by atoms with van der Waals surface area (Å²) in [6.45, 7) is 0.618. The van der Waals surface area contributed by atoms with E-state index in [0.717, 1.165) is 10.0 Å². The first-order chi connectivity index (χ1) is 11.9. The van der Waals surface area contributed by atoms with Gasteiger partial charge in [0.25, 0.3) is 5.91 Å². The monoisotopic (exact) mass is 424 g/mol. The fourth-order valence-electron chi connectivity index (χ4n) is 2.94. The molecule has 25 heavy (non-hydrogen) atoms. The summed E-state index contributed by atoms with van der Waals surface area (Å²) in [4.78, 5) is 14.1. The van der Waals surface area contributed by atoms with Gasteiger partial charge in [0.1, 0.15) is 0 Å². The predicted molar refractivity (Wildman–Crippen MR) is 100 cm³/mol. The molecule has 3 rings (SSSR count). The first-order valence-corrected chi connectivity index (χ1v) is 9.02. The van der Waals surface area contributed by atoms with Gasteiger partial charge >= 0.3 is 0 Å². The number of hydrogen-bond acceptors (Lipinski definition) is 4. The average molecular weight is 426 g/mol. The maximum Gasteiger partial charge on any atom is 0.257 e. The summed E-state index contributed by atoms with van der Waals surface area (Å²) in [7, 11) is 0. The number of amides is 1. The van der Waals surface area contributed by atoms with Crippen molar-refractivity contribution < 1.29 is 15.0 Å². The van der Waals surface area contributed by atoms with Crippen LogP contribution >= 0.6 is 27.5 Å². The van der Waals surface area contributed by atoms with Gasteiger partial charge in [-0.1, -0.05) is 45.7 Å². The predicted octanol–water partition coefficient (Wildman–Crippen LogP) is 2.68. The zero-order chi connectivity index (χ0) is 18.0. The second kappa shape index (κ2) is 7.33. The summed E-state index contributed by atoms with van der Waals surface area (Å²) in [5.41, 5.74) is -0.310. The topological polar surface area (TPSA) is 72.8 Å². The second-order valence-corrected chi connectivity index (χ2v) is 7.39. The lowest BCUT2D eigenvalue weighted by atomic mass is 10.00. The molecule has 2 unspecified atom stereocenters. The zero-order valence-electron chi connectivity index (χ0n) is 13.3. The third-order valence-corrected chi connectivity index (χ3v) is 5.06. The molecule has 132 valence electrons. The van der Waals surface area contributed by atoms with Gasteiger partial charge in [0.2, 0.25) is 0 Å². The van der Waals surface area contributed by atoms with Gasteiger partial charge in [-0.3, -0.25) is 4.79 Å². The Balaban J connectivity index is 1.69. The summed E-state index contributed by atoms with van der Waals surface area (Å²) in [5.74, 6) is -0.593. The molecule has 1 aliphatic rings. The van der Waals surface area contributed by atoms with Crippen molar-refractivity contribution in [1.29, 1.82) is 0 Å². The Morgan fingerprint density at radius 1 is 1.32 bits per heavy atom. The van der Waals surface area contributed by atoms with Gasteiger partial charge in [-0.05, 0) is 35.9 Å². The van der Waals surface area contributed by atoms with E-state index in [9.17, 15) is 15.0 Å². The highest BCUT2D eigenvalue weighted by Crippen LogP contribution is 2.33. The SMILES string of the molecule is O=C(NCc1cccc(Br)c1)C1(O)CCN(c2cccc(Cl)c2)C1O. The summed E-state index contributed by atoms with van der Waals surface area (Å²) in [5, 5.41) is 24.5. The third kappa shape index (κ3) is 3.82. The van der Waals surface area contributed by atoms with Crippen LogP contribution in [0.3, 0.4) is 0 Å². The van der Waals surface area contributed by atoms with Crippen LogP contribution in [0.2, 0.25) is 5.02 Å². The Bertz CT molecular complexity index is 788. The summed E-state index contributed by atoms with van der Waals surface area (Å²) >= 11 is 9.36. The smallest absolute Gasteiger partial charge is 0.257 e. The quantitative estimate of drug-likeness (QED) is 0.704. The molecule has 0 aliphatic carbocycles. The van der Waals surface area contributed by atoms with E-state index in [4.69, 9.17) is 11.6 Å². The lowest BCUT2D eigenvalue weighted by Crippen LogP contribution is -2.55. The Hall–Kier alpha value is -1.60. The number of anilines is 1. The molecule has 1 aliphatic heterocycles. The van der Waals surface area contributed by atoms with Crippen molar-refractivity contribution in [3.05, 3.63) is 63.6 Å². The molecule has 2 atom stereocenters. The van der Waals surface area contributed by atoms with Gasteiger partial charge in [-0.2, -0.15) is 0 Å². The Morgan fingerprint density at radius 3 is 2.80 bits per heavy atom. The van der Waals surface area contributed by atoms with E-state index in [1.54, 1.807) is 29.2 Å². The first-order valence-electron chi connectivity index (χ1n) is 7.85. The summed E-state index contributed by atoms with van der Waals surface area (Å²) in [6, 6.07) is 14.5. The van der Waals surface area contributed by atoms with Crippen LogP contribution in [0.4, 0.5) is 5.69 Å². The normalized spacial score (nSPS) is 22.9. The maximum absolute atomic E-state index is 12.5. The van der Waals surface area contributed by atoms with Gasteiger partial charge in [0.05, 0.1) is 0 Å². The first kappa shape index (κ1) is 18.2. The number of aliphatic hydroxyl groups is 2. The molecule has 3 N–H and O–H groups in total. The minimum atomic E-state index is -1.87. The van der Waals surface area contributed by atoms with Gasteiger partial charge in [0.15, 0.2) is 11.8 Å². The van der Waals surface area contributed by atoms with E-state index in [2.05, 4.69) is 21.2 Å². The molecule has 0 aromatic heterocycles. The number of carbonyl (C=O) groups excluding carboxylic acids is 1. The fraction of sp³-hybridized carbons (Fsp3) is 0.278. The van der Waals surface area contributed by atoms with E-state index in [1.165, 1.54) is 0 Å². The van der Waals surface area contributed by atoms with Crippen LogP contribution in [-0.4, -0.2) is 34.5 Å². The second-order valence-electron chi connectivity index (χ2n) is 6.03. The van der Waals surface area contributed by atoms with Crippen molar-refractivity contribution >= 4 is 39.1 Å². The Morgan fingerprint density at radius 2 is 2.08 bits per heavy atom. The molecular weight excluding hydrogens is 408 g/mol. The number of nitrogens with one attached hydrogen (secondary N) is 1. The minimum absolute atomic E-state index is 0.130. The van der Waals surface area contributed by atoms with E-state index < -0.39 is 17.7 Å². The molecule has 1 amide bonds. The molecule has 0 saturated carbocycles. The number of carbonyl (C=O) groups is 1. The van der Waals surface area contributed by atoms with Crippen LogP contribution in [0.15, 0.2) is 53.0 Å². The molecule has 1 fully saturated rings. The fourth-order valence-corrected chi connectivity index (χ4v) is 3.57. The van der Waals surface area contributed by atoms with E-state index >= 15 is 0 Å². The molecule has 1 saturated heterocycles. The number of rotatable bonds is 4. The van der Waals surface area contributed by atoms with Crippen molar-refractivity contribution in [1.82, 2.24) is 5.32 Å². The maximum atomic E-state index is 12.5. The van der Waals surface area contributed by atoms with E-state index in [-0.39, 0.29) is 13.0 Å². The van der Waals surface area contributed by atoms with Gasteiger partial charge in [0, 0.05) is 34.7 Å². The Labute approximate surface area is 159 Å². The number of hydrogen-bond donors (Lipinski definition) is 3. The molecule has 5 nitrogen and oxygen atoms in total. The van der Waals surface area contributed by atoms with Crippen LogP contribution < -0.4 is 10.2 Å². The van der Waals surface area contributed by atoms with Crippen LogP contribution in [0.1, 0.15) is 12.0 Å². The number of aliphatic hydroxyl groups excluding tert-OH is 1. The van der Waals surface area contributed by atoms with Crippen molar-refractivity contribution in [2.24, 2.45) is 0 Å². The summed E-state index contributed by atoms with van der Waals surface area (Å²) in [6.07, 6.45) is -1.21. The van der Waals surface area contributed by atoms with E-state index in [1.807, 2.05) is 24.3 Å². The number of benzene rings is 2. The highest BCUT2D eigenvalue weighted by atomic mass is 79.9.